The number of aryl methyl sites for hydroxylation is 2. The average Bonchev–Trinajstić information content (AvgIpc) is 2.63. The molecule has 2 N–H and O–H groups in total. The van der Waals surface area contributed by atoms with Crippen LogP contribution in [0.4, 0.5) is 0 Å². The molecule has 4 heteroatoms. The maximum Gasteiger partial charge on any atom is 0.0847 e. The minimum atomic E-state index is 0.162. The third kappa shape index (κ3) is 3.72. The van der Waals surface area contributed by atoms with Crippen molar-refractivity contribution in [2.75, 3.05) is 0 Å². The van der Waals surface area contributed by atoms with Gasteiger partial charge in [-0.2, -0.15) is 5.10 Å². The lowest BCUT2D eigenvalue weighted by Crippen LogP contribution is -2.31. The zero-order valence-corrected chi connectivity index (χ0v) is 12.8. The van der Waals surface area contributed by atoms with Gasteiger partial charge in [-0.05, 0) is 26.2 Å². The molecule has 1 aromatic heterocycles. The van der Waals surface area contributed by atoms with Gasteiger partial charge in [0.15, 0.2) is 0 Å². The Balaban J connectivity index is 2.71. The standard InChI is InChI=1S/C14H26ClN3/c1-5-7-8-10(3)12(16)9-13-14(15)11(4)17-18(13)6-2/h10,12H,5-9,16H2,1-4H3. The maximum absolute atomic E-state index is 6.31. The lowest BCUT2D eigenvalue weighted by molar-refractivity contribution is 0.402. The maximum atomic E-state index is 6.31. The molecule has 0 saturated carbocycles. The van der Waals surface area contributed by atoms with Crippen LogP contribution < -0.4 is 5.73 Å². The molecule has 2 unspecified atom stereocenters. The van der Waals surface area contributed by atoms with Crippen LogP contribution in [0.3, 0.4) is 0 Å². The van der Waals surface area contributed by atoms with E-state index < -0.39 is 0 Å². The second-order valence-electron chi connectivity index (χ2n) is 5.15. The molecule has 2 atom stereocenters. The van der Waals surface area contributed by atoms with Gasteiger partial charge < -0.3 is 5.73 Å². The Labute approximate surface area is 116 Å². The molecule has 0 bridgehead atoms. The Hall–Kier alpha value is -0.540. The quantitative estimate of drug-likeness (QED) is 0.824. The Kier molecular flexibility index (Phi) is 6.16. The molecule has 3 nitrogen and oxygen atoms in total. The fourth-order valence-corrected chi connectivity index (χ4v) is 2.44. The van der Waals surface area contributed by atoms with Crippen molar-refractivity contribution in [2.24, 2.45) is 11.7 Å². The van der Waals surface area contributed by atoms with Crippen molar-refractivity contribution in [3.8, 4) is 0 Å². The fraction of sp³-hybridized carbons (Fsp3) is 0.786. The van der Waals surface area contributed by atoms with Gasteiger partial charge in [0.2, 0.25) is 0 Å². The van der Waals surface area contributed by atoms with Crippen molar-refractivity contribution in [3.63, 3.8) is 0 Å². The van der Waals surface area contributed by atoms with E-state index in [9.17, 15) is 0 Å². The second kappa shape index (κ2) is 7.15. The summed E-state index contributed by atoms with van der Waals surface area (Å²) in [4.78, 5) is 0. The van der Waals surface area contributed by atoms with E-state index in [1.807, 2.05) is 11.6 Å². The molecule has 0 radical (unpaired) electrons. The summed E-state index contributed by atoms with van der Waals surface area (Å²) in [5, 5.41) is 5.22. The topological polar surface area (TPSA) is 43.8 Å². The number of halogens is 1. The molecule has 0 aliphatic carbocycles. The Morgan fingerprint density at radius 3 is 2.61 bits per heavy atom. The van der Waals surface area contributed by atoms with Gasteiger partial charge in [0.1, 0.15) is 0 Å². The summed E-state index contributed by atoms with van der Waals surface area (Å²) < 4.78 is 1.98. The minimum Gasteiger partial charge on any atom is -0.327 e. The zero-order chi connectivity index (χ0) is 13.7. The highest BCUT2D eigenvalue weighted by molar-refractivity contribution is 6.31. The summed E-state index contributed by atoms with van der Waals surface area (Å²) in [6, 6.07) is 0.162. The third-order valence-electron chi connectivity index (χ3n) is 3.63. The first-order valence-electron chi connectivity index (χ1n) is 6.98. The van der Waals surface area contributed by atoms with Gasteiger partial charge in [0.05, 0.1) is 16.4 Å². The summed E-state index contributed by atoms with van der Waals surface area (Å²) >= 11 is 6.31. The summed E-state index contributed by atoms with van der Waals surface area (Å²) in [7, 11) is 0. The van der Waals surface area contributed by atoms with Gasteiger partial charge in [-0.1, -0.05) is 38.3 Å². The number of unbranched alkanes of at least 4 members (excludes halogenated alkanes) is 1. The van der Waals surface area contributed by atoms with Crippen LogP contribution in [-0.2, 0) is 13.0 Å². The lowest BCUT2D eigenvalue weighted by Gasteiger charge is -2.20. The Morgan fingerprint density at radius 1 is 1.39 bits per heavy atom. The lowest BCUT2D eigenvalue weighted by atomic mass is 9.93. The van der Waals surface area contributed by atoms with Crippen LogP contribution in [0.25, 0.3) is 0 Å². The Bertz CT molecular complexity index is 373. The zero-order valence-electron chi connectivity index (χ0n) is 12.0. The number of nitrogens with zero attached hydrogens (tertiary/aromatic N) is 2. The summed E-state index contributed by atoms with van der Waals surface area (Å²) in [6.45, 7) is 9.32. The molecule has 1 heterocycles. The van der Waals surface area contributed by atoms with Crippen LogP contribution in [0.1, 0.15) is 51.4 Å². The van der Waals surface area contributed by atoms with Crippen molar-refractivity contribution in [2.45, 2.75) is 66.0 Å². The van der Waals surface area contributed by atoms with E-state index in [1.54, 1.807) is 0 Å². The highest BCUT2D eigenvalue weighted by atomic mass is 35.5. The molecule has 18 heavy (non-hydrogen) atoms. The van der Waals surface area contributed by atoms with Gasteiger partial charge in [-0.25, -0.2) is 0 Å². The molecule has 1 aromatic rings. The van der Waals surface area contributed by atoms with Crippen LogP contribution in [0.15, 0.2) is 0 Å². The molecule has 0 aliphatic rings. The number of rotatable bonds is 7. The molecule has 0 amide bonds. The summed E-state index contributed by atoms with van der Waals surface area (Å²) in [5.41, 5.74) is 8.29. The highest BCUT2D eigenvalue weighted by Crippen LogP contribution is 2.23. The molecule has 0 aliphatic heterocycles. The normalized spacial score (nSPS) is 14.8. The van der Waals surface area contributed by atoms with Crippen molar-refractivity contribution in [1.82, 2.24) is 9.78 Å². The SMILES string of the molecule is CCCCC(C)C(N)Cc1c(Cl)c(C)nn1CC. The monoisotopic (exact) mass is 271 g/mol. The van der Waals surface area contributed by atoms with Crippen molar-refractivity contribution < 1.29 is 0 Å². The first-order chi connectivity index (χ1) is 8.51. The Morgan fingerprint density at radius 2 is 2.06 bits per heavy atom. The second-order valence-corrected chi connectivity index (χ2v) is 5.53. The molecule has 104 valence electrons. The molecule has 0 aromatic carbocycles. The summed E-state index contributed by atoms with van der Waals surface area (Å²) in [5.74, 6) is 0.529. The predicted molar refractivity (Wildman–Crippen MR) is 78.0 cm³/mol. The van der Waals surface area contributed by atoms with E-state index in [4.69, 9.17) is 17.3 Å². The van der Waals surface area contributed by atoms with Gasteiger partial charge in [-0.3, -0.25) is 4.68 Å². The van der Waals surface area contributed by atoms with E-state index in [1.165, 1.54) is 19.3 Å². The third-order valence-corrected chi connectivity index (χ3v) is 4.12. The van der Waals surface area contributed by atoms with Crippen LogP contribution in [-0.4, -0.2) is 15.8 Å². The molecule has 0 fully saturated rings. The average molecular weight is 272 g/mol. The molecule has 0 spiro atoms. The van der Waals surface area contributed by atoms with E-state index in [-0.39, 0.29) is 6.04 Å². The first-order valence-corrected chi connectivity index (χ1v) is 7.36. The van der Waals surface area contributed by atoms with Crippen LogP contribution >= 0.6 is 11.6 Å². The molecule has 0 saturated heterocycles. The van der Waals surface area contributed by atoms with Crippen molar-refractivity contribution in [3.05, 3.63) is 16.4 Å². The van der Waals surface area contributed by atoms with Gasteiger partial charge in [0, 0.05) is 19.0 Å². The van der Waals surface area contributed by atoms with Crippen LogP contribution in [0, 0.1) is 12.8 Å². The largest absolute Gasteiger partial charge is 0.327 e. The fourth-order valence-electron chi connectivity index (χ4n) is 2.23. The number of hydrogen-bond donors (Lipinski definition) is 1. The number of nitrogens with two attached hydrogens (primary N) is 1. The minimum absolute atomic E-state index is 0.162. The van der Waals surface area contributed by atoms with Gasteiger partial charge in [0.25, 0.3) is 0 Å². The van der Waals surface area contributed by atoms with Crippen molar-refractivity contribution in [1.29, 1.82) is 0 Å². The summed E-state index contributed by atoms with van der Waals surface area (Å²) in [6.07, 6.45) is 4.48. The number of aromatic nitrogens is 2. The van der Waals surface area contributed by atoms with E-state index in [0.29, 0.717) is 5.92 Å². The highest BCUT2D eigenvalue weighted by Gasteiger charge is 2.19. The first kappa shape index (κ1) is 15.5. The predicted octanol–water partition coefficient (Wildman–Crippen LogP) is 3.56. The van der Waals surface area contributed by atoms with Gasteiger partial charge in [-0.15, -0.1) is 0 Å². The smallest absolute Gasteiger partial charge is 0.0847 e. The van der Waals surface area contributed by atoms with E-state index in [0.717, 1.165) is 29.4 Å². The van der Waals surface area contributed by atoms with Crippen LogP contribution in [0.5, 0.6) is 0 Å². The number of hydrogen-bond acceptors (Lipinski definition) is 2. The van der Waals surface area contributed by atoms with E-state index in [2.05, 4.69) is 25.9 Å². The molecular formula is C14H26ClN3. The van der Waals surface area contributed by atoms with E-state index >= 15 is 0 Å². The molecular weight excluding hydrogens is 246 g/mol. The van der Waals surface area contributed by atoms with Gasteiger partial charge >= 0.3 is 0 Å². The molecule has 1 rings (SSSR count). The van der Waals surface area contributed by atoms with Crippen LogP contribution in [0.2, 0.25) is 5.02 Å². The van der Waals surface area contributed by atoms with Crippen molar-refractivity contribution >= 4 is 11.6 Å².